The average molecular weight is 272 g/mol. The summed E-state index contributed by atoms with van der Waals surface area (Å²) >= 11 is 1.76. The van der Waals surface area contributed by atoms with Gasteiger partial charge in [0.25, 0.3) is 0 Å². The molecule has 0 bridgehead atoms. The zero-order valence-corrected chi connectivity index (χ0v) is 11.9. The predicted octanol–water partition coefficient (Wildman–Crippen LogP) is 2.66. The normalized spacial score (nSPS) is 11.5. The molecule has 2 aromatic heterocycles. The monoisotopic (exact) mass is 272 g/mol. The number of hydrogen-bond donors (Lipinski definition) is 0. The Balaban J connectivity index is 1.72. The third kappa shape index (κ3) is 2.67. The quantitative estimate of drug-likeness (QED) is 0.732. The van der Waals surface area contributed by atoms with Gasteiger partial charge in [-0.2, -0.15) is 0 Å². The van der Waals surface area contributed by atoms with Crippen molar-refractivity contribution in [3.63, 3.8) is 0 Å². The lowest BCUT2D eigenvalue weighted by Gasteiger charge is -2.14. The van der Waals surface area contributed by atoms with E-state index < -0.39 is 0 Å². The summed E-state index contributed by atoms with van der Waals surface area (Å²) in [5, 5.41) is 1.15. The van der Waals surface area contributed by atoms with E-state index in [1.165, 1.54) is 4.70 Å². The molecule has 19 heavy (non-hydrogen) atoms. The fourth-order valence-electron chi connectivity index (χ4n) is 2.06. The molecule has 0 amide bonds. The summed E-state index contributed by atoms with van der Waals surface area (Å²) in [5.74, 6) is 1.07. The molecule has 0 unspecified atom stereocenters. The number of hydrogen-bond acceptors (Lipinski definition) is 4. The molecule has 3 aromatic rings. The smallest absolute Gasteiger partial charge is 0.122 e. The number of fused-ring (bicyclic) bond motifs is 1. The molecule has 5 heteroatoms. The first kappa shape index (κ1) is 12.3. The van der Waals surface area contributed by atoms with E-state index in [1.54, 1.807) is 11.3 Å². The summed E-state index contributed by atoms with van der Waals surface area (Å²) < 4.78 is 3.30. The van der Waals surface area contributed by atoms with Gasteiger partial charge in [0.1, 0.15) is 10.8 Å². The van der Waals surface area contributed by atoms with Crippen LogP contribution in [0, 0.1) is 0 Å². The Labute approximate surface area is 116 Å². The second-order valence-corrected chi connectivity index (χ2v) is 5.82. The number of benzene rings is 1. The number of imidazole rings is 1. The van der Waals surface area contributed by atoms with E-state index in [1.807, 2.05) is 25.5 Å². The topological polar surface area (TPSA) is 34.0 Å². The zero-order chi connectivity index (χ0) is 13.2. The molecule has 0 aliphatic rings. The molecule has 0 saturated heterocycles. The first-order valence-electron chi connectivity index (χ1n) is 6.21. The van der Waals surface area contributed by atoms with Crippen LogP contribution < -0.4 is 0 Å². The molecular weight excluding hydrogens is 256 g/mol. The van der Waals surface area contributed by atoms with Gasteiger partial charge in [-0.25, -0.2) is 9.97 Å². The van der Waals surface area contributed by atoms with Crippen LogP contribution in [0.4, 0.5) is 0 Å². The van der Waals surface area contributed by atoms with Gasteiger partial charge in [-0.05, 0) is 19.2 Å². The van der Waals surface area contributed by atoms with Crippen LogP contribution in [-0.4, -0.2) is 26.5 Å². The highest BCUT2D eigenvalue weighted by Crippen LogP contribution is 2.22. The molecule has 0 N–H and O–H groups in total. The van der Waals surface area contributed by atoms with E-state index in [2.05, 4.69) is 44.7 Å². The lowest BCUT2D eigenvalue weighted by Crippen LogP contribution is -2.19. The molecule has 0 spiro atoms. The molecule has 0 saturated carbocycles. The Morgan fingerprint density at radius 1 is 1.26 bits per heavy atom. The zero-order valence-electron chi connectivity index (χ0n) is 11.1. The molecular formula is C14H16N4S. The van der Waals surface area contributed by atoms with Crippen LogP contribution in [0.25, 0.3) is 10.2 Å². The number of nitrogens with zero attached hydrogens (tertiary/aromatic N) is 4. The van der Waals surface area contributed by atoms with Crippen molar-refractivity contribution in [2.75, 3.05) is 7.05 Å². The van der Waals surface area contributed by atoms with Crippen molar-refractivity contribution in [2.24, 2.45) is 7.05 Å². The second-order valence-electron chi connectivity index (χ2n) is 4.70. The number of aryl methyl sites for hydroxylation is 1. The van der Waals surface area contributed by atoms with Crippen LogP contribution in [0.1, 0.15) is 10.8 Å². The highest BCUT2D eigenvalue weighted by molar-refractivity contribution is 7.18. The van der Waals surface area contributed by atoms with Crippen molar-refractivity contribution in [1.29, 1.82) is 0 Å². The van der Waals surface area contributed by atoms with Crippen molar-refractivity contribution >= 4 is 21.6 Å². The maximum Gasteiger partial charge on any atom is 0.122 e. The molecule has 4 nitrogen and oxygen atoms in total. The summed E-state index contributed by atoms with van der Waals surface area (Å²) in [7, 11) is 4.12. The van der Waals surface area contributed by atoms with Crippen molar-refractivity contribution in [3.05, 3.63) is 47.5 Å². The first-order valence-corrected chi connectivity index (χ1v) is 7.03. The lowest BCUT2D eigenvalue weighted by atomic mass is 10.3. The standard InChI is InChI=1S/C14H16N4S/c1-17(9-13-15-7-8-18(13)2)10-14-16-11-5-3-4-6-12(11)19-14/h3-8H,9-10H2,1-2H3. The molecule has 0 atom stereocenters. The highest BCUT2D eigenvalue weighted by atomic mass is 32.1. The Kier molecular flexibility index (Phi) is 3.31. The molecule has 3 rings (SSSR count). The molecule has 1 aromatic carbocycles. The Bertz CT molecular complexity index is 652. The third-order valence-corrected chi connectivity index (χ3v) is 4.10. The number of para-hydroxylation sites is 1. The molecule has 98 valence electrons. The number of rotatable bonds is 4. The fourth-order valence-corrected chi connectivity index (χ4v) is 3.11. The molecule has 2 heterocycles. The SMILES string of the molecule is CN(Cc1nc2ccccc2s1)Cc1nccn1C. The van der Waals surface area contributed by atoms with Gasteiger partial charge < -0.3 is 4.57 Å². The first-order chi connectivity index (χ1) is 9.22. The predicted molar refractivity (Wildman–Crippen MR) is 78.0 cm³/mol. The maximum atomic E-state index is 4.65. The Hall–Kier alpha value is -1.72. The Morgan fingerprint density at radius 3 is 2.84 bits per heavy atom. The summed E-state index contributed by atoms with van der Waals surface area (Å²) in [5.41, 5.74) is 1.09. The minimum absolute atomic E-state index is 0.833. The second kappa shape index (κ2) is 5.11. The van der Waals surface area contributed by atoms with E-state index in [4.69, 9.17) is 0 Å². The van der Waals surface area contributed by atoms with Crippen LogP contribution in [0.15, 0.2) is 36.7 Å². The van der Waals surface area contributed by atoms with Crippen LogP contribution in [0.5, 0.6) is 0 Å². The van der Waals surface area contributed by atoms with Gasteiger partial charge >= 0.3 is 0 Å². The highest BCUT2D eigenvalue weighted by Gasteiger charge is 2.08. The summed E-state index contributed by atoms with van der Waals surface area (Å²) in [4.78, 5) is 11.2. The Morgan fingerprint density at radius 2 is 2.11 bits per heavy atom. The molecule has 0 aliphatic heterocycles. The maximum absolute atomic E-state index is 4.65. The summed E-state index contributed by atoms with van der Waals surface area (Å²) in [6.07, 6.45) is 3.81. The lowest BCUT2D eigenvalue weighted by molar-refractivity contribution is 0.307. The molecule has 0 aliphatic carbocycles. The van der Waals surface area contributed by atoms with Gasteiger partial charge in [-0.1, -0.05) is 12.1 Å². The van der Waals surface area contributed by atoms with E-state index in [0.29, 0.717) is 0 Å². The van der Waals surface area contributed by atoms with Gasteiger partial charge in [-0.15, -0.1) is 11.3 Å². The van der Waals surface area contributed by atoms with Gasteiger partial charge in [0, 0.05) is 19.4 Å². The minimum Gasteiger partial charge on any atom is -0.337 e. The van der Waals surface area contributed by atoms with Crippen LogP contribution in [-0.2, 0) is 20.1 Å². The van der Waals surface area contributed by atoms with E-state index in [0.717, 1.165) is 29.4 Å². The van der Waals surface area contributed by atoms with E-state index >= 15 is 0 Å². The van der Waals surface area contributed by atoms with Crippen molar-refractivity contribution in [1.82, 2.24) is 19.4 Å². The largest absolute Gasteiger partial charge is 0.337 e. The summed E-state index contributed by atoms with van der Waals surface area (Å²) in [6, 6.07) is 8.27. The van der Waals surface area contributed by atoms with Gasteiger partial charge in [0.15, 0.2) is 0 Å². The minimum atomic E-state index is 0.833. The van der Waals surface area contributed by atoms with Crippen molar-refractivity contribution in [2.45, 2.75) is 13.1 Å². The van der Waals surface area contributed by atoms with Gasteiger partial charge in [-0.3, -0.25) is 4.90 Å². The van der Waals surface area contributed by atoms with E-state index in [9.17, 15) is 0 Å². The van der Waals surface area contributed by atoms with Gasteiger partial charge in [0.05, 0.1) is 23.3 Å². The third-order valence-electron chi connectivity index (χ3n) is 3.08. The molecule has 0 radical (unpaired) electrons. The van der Waals surface area contributed by atoms with Crippen molar-refractivity contribution in [3.8, 4) is 0 Å². The van der Waals surface area contributed by atoms with Crippen LogP contribution in [0.2, 0.25) is 0 Å². The fraction of sp³-hybridized carbons (Fsp3) is 0.286. The van der Waals surface area contributed by atoms with Crippen LogP contribution in [0.3, 0.4) is 0 Å². The van der Waals surface area contributed by atoms with Crippen molar-refractivity contribution < 1.29 is 0 Å². The number of thiazole rings is 1. The summed E-state index contributed by atoms with van der Waals surface area (Å²) in [6.45, 7) is 1.69. The van der Waals surface area contributed by atoms with Gasteiger partial charge in [0.2, 0.25) is 0 Å². The van der Waals surface area contributed by atoms with Crippen LogP contribution >= 0.6 is 11.3 Å². The molecule has 0 fully saturated rings. The van der Waals surface area contributed by atoms with E-state index in [-0.39, 0.29) is 0 Å². The average Bonchev–Trinajstić information content (AvgIpc) is 2.95. The number of aromatic nitrogens is 3.